The second kappa shape index (κ2) is 8.05. The summed E-state index contributed by atoms with van der Waals surface area (Å²) >= 11 is 0. The van der Waals surface area contributed by atoms with Gasteiger partial charge in [-0.2, -0.15) is 5.10 Å². The Bertz CT molecular complexity index is 960. The lowest BCUT2D eigenvalue weighted by molar-refractivity contribution is -0.0951. The maximum absolute atomic E-state index is 13.0. The summed E-state index contributed by atoms with van der Waals surface area (Å²) in [7, 11) is 0. The fraction of sp³-hybridized carbons (Fsp3) is 0.560. The van der Waals surface area contributed by atoms with Crippen molar-refractivity contribution in [2.75, 3.05) is 18.0 Å². The van der Waals surface area contributed by atoms with E-state index in [2.05, 4.69) is 54.5 Å². The molecule has 1 aromatic heterocycles. The molecule has 3 aliphatic rings. The smallest absolute Gasteiger partial charge is 0.251 e. The molecular formula is C25H32F2N4. The molecule has 1 aliphatic heterocycles. The second-order valence-electron chi connectivity index (χ2n) is 9.61. The van der Waals surface area contributed by atoms with Crippen molar-refractivity contribution < 1.29 is 8.78 Å². The van der Waals surface area contributed by atoms with Gasteiger partial charge in [-0.15, -0.1) is 0 Å². The van der Waals surface area contributed by atoms with Crippen LogP contribution >= 0.6 is 0 Å². The van der Waals surface area contributed by atoms with Crippen LogP contribution in [0, 0.1) is 0 Å². The molecule has 1 saturated heterocycles. The van der Waals surface area contributed by atoms with Crippen molar-refractivity contribution >= 4 is 11.3 Å². The first-order valence-corrected chi connectivity index (χ1v) is 11.6. The zero-order chi connectivity index (χ0) is 21.6. The molecule has 0 atom stereocenters. The monoisotopic (exact) mass is 426 g/mol. The van der Waals surface area contributed by atoms with Gasteiger partial charge in [0.15, 0.2) is 0 Å². The average molecular weight is 427 g/mol. The van der Waals surface area contributed by atoms with Gasteiger partial charge < -0.3 is 10.2 Å². The van der Waals surface area contributed by atoms with E-state index in [0.717, 1.165) is 50.2 Å². The first-order chi connectivity index (χ1) is 14.9. The Balaban J connectivity index is 1.21. The number of aromatic nitrogens is 2. The van der Waals surface area contributed by atoms with E-state index in [0.29, 0.717) is 6.04 Å². The molecule has 0 unspecified atom stereocenters. The van der Waals surface area contributed by atoms with Gasteiger partial charge >= 0.3 is 0 Å². The lowest BCUT2D eigenvalue weighted by Crippen LogP contribution is -2.54. The standard InChI is InChI=1S/C25H32F2N4/c1-17-4-3-5-19-16-31(29-24(19)18(17)2)23-8-6-22(7-9-23)30-12-10-20(11-13-30)28-21-14-25(26,27)15-21/h6-9,16,20-21,28H,3-5,10-15H2,1-2H3. The number of piperidine rings is 1. The van der Waals surface area contributed by atoms with Crippen LogP contribution in [-0.4, -0.2) is 40.9 Å². The molecule has 2 aromatic rings. The van der Waals surface area contributed by atoms with Crippen molar-refractivity contribution in [3.63, 3.8) is 0 Å². The maximum Gasteiger partial charge on any atom is 0.251 e. The van der Waals surface area contributed by atoms with Crippen molar-refractivity contribution in [2.24, 2.45) is 0 Å². The van der Waals surface area contributed by atoms with Crippen LogP contribution in [0.3, 0.4) is 0 Å². The Morgan fingerprint density at radius 3 is 2.32 bits per heavy atom. The van der Waals surface area contributed by atoms with Crippen LogP contribution in [0.2, 0.25) is 0 Å². The zero-order valence-electron chi connectivity index (χ0n) is 18.5. The fourth-order valence-electron chi connectivity index (χ4n) is 5.21. The molecule has 1 saturated carbocycles. The molecule has 5 rings (SSSR count). The Morgan fingerprint density at radius 2 is 1.65 bits per heavy atom. The van der Waals surface area contributed by atoms with Crippen molar-refractivity contribution in [1.82, 2.24) is 15.1 Å². The summed E-state index contributed by atoms with van der Waals surface area (Å²) in [5, 5.41) is 8.33. The van der Waals surface area contributed by atoms with E-state index in [1.54, 1.807) is 0 Å². The van der Waals surface area contributed by atoms with Crippen LogP contribution in [0.5, 0.6) is 0 Å². The molecule has 6 heteroatoms. The highest BCUT2D eigenvalue weighted by atomic mass is 19.3. The highest BCUT2D eigenvalue weighted by Gasteiger charge is 2.45. The minimum absolute atomic E-state index is 0.000414. The van der Waals surface area contributed by atoms with E-state index in [-0.39, 0.29) is 18.9 Å². The van der Waals surface area contributed by atoms with Crippen molar-refractivity contribution in [2.45, 2.75) is 76.8 Å². The third-order valence-corrected chi connectivity index (χ3v) is 7.32. The van der Waals surface area contributed by atoms with E-state index in [1.165, 1.54) is 28.8 Å². The summed E-state index contributed by atoms with van der Waals surface area (Å²) in [4.78, 5) is 2.39. The zero-order valence-corrected chi connectivity index (χ0v) is 18.5. The molecule has 0 radical (unpaired) electrons. The first kappa shape index (κ1) is 20.7. The van der Waals surface area contributed by atoms with E-state index in [4.69, 9.17) is 5.10 Å². The Hall–Kier alpha value is -2.21. The summed E-state index contributed by atoms with van der Waals surface area (Å²) in [5.41, 5.74) is 7.58. The quantitative estimate of drug-likeness (QED) is 0.715. The number of benzene rings is 1. The summed E-state index contributed by atoms with van der Waals surface area (Å²) in [6, 6.07) is 9.00. The number of halogens is 2. The Kier molecular flexibility index (Phi) is 5.37. The van der Waals surface area contributed by atoms with Crippen LogP contribution in [0.1, 0.15) is 63.6 Å². The lowest BCUT2D eigenvalue weighted by atomic mass is 9.87. The fourth-order valence-corrected chi connectivity index (χ4v) is 5.21. The molecule has 166 valence electrons. The largest absolute Gasteiger partial charge is 0.371 e. The van der Waals surface area contributed by atoms with Gasteiger partial charge in [0.2, 0.25) is 0 Å². The van der Waals surface area contributed by atoms with Crippen LogP contribution in [0.15, 0.2) is 36.0 Å². The van der Waals surface area contributed by atoms with Crippen LogP contribution in [-0.2, 0) is 6.42 Å². The molecular weight excluding hydrogens is 394 g/mol. The van der Waals surface area contributed by atoms with Gasteiger partial charge in [-0.05, 0) is 81.4 Å². The van der Waals surface area contributed by atoms with Gasteiger partial charge in [-0.3, -0.25) is 0 Å². The molecule has 4 nitrogen and oxygen atoms in total. The molecule has 2 aliphatic carbocycles. The molecule has 2 heterocycles. The topological polar surface area (TPSA) is 33.1 Å². The highest BCUT2D eigenvalue weighted by Crippen LogP contribution is 2.38. The molecule has 2 fully saturated rings. The SMILES string of the molecule is CC1=C(C)c2nn(-c3ccc(N4CCC(NC5CC(F)(F)C5)CC4)cc3)cc2CCC1. The van der Waals surface area contributed by atoms with E-state index in [1.807, 2.05) is 4.68 Å². The van der Waals surface area contributed by atoms with Crippen molar-refractivity contribution in [3.05, 3.63) is 47.3 Å². The average Bonchev–Trinajstić information content (AvgIpc) is 3.11. The van der Waals surface area contributed by atoms with Gasteiger partial charge in [-0.1, -0.05) is 5.57 Å². The number of aryl methyl sites for hydroxylation is 1. The third kappa shape index (κ3) is 4.27. The van der Waals surface area contributed by atoms with Crippen LogP contribution < -0.4 is 10.2 Å². The summed E-state index contributed by atoms with van der Waals surface area (Å²) < 4.78 is 28.1. The minimum atomic E-state index is -2.44. The van der Waals surface area contributed by atoms with Crippen LogP contribution in [0.25, 0.3) is 11.3 Å². The molecule has 31 heavy (non-hydrogen) atoms. The number of hydrogen-bond donors (Lipinski definition) is 1. The third-order valence-electron chi connectivity index (χ3n) is 7.32. The Morgan fingerprint density at radius 1 is 0.968 bits per heavy atom. The lowest BCUT2D eigenvalue weighted by Gasteiger charge is -2.41. The number of fused-ring (bicyclic) bond motifs is 1. The number of nitrogens with one attached hydrogen (secondary N) is 1. The van der Waals surface area contributed by atoms with E-state index < -0.39 is 5.92 Å². The highest BCUT2D eigenvalue weighted by molar-refractivity contribution is 5.67. The van der Waals surface area contributed by atoms with E-state index >= 15 is 0 Å². The number of anilines is 1. The predicted molar refractivity (Wildman–Crippen MR) is 121 cm³/mol. The molecule has 0 bridgehead atoms. The molecule has 0 spiro atoms. The van der Waals surface area contributed by atoms with Crippen molar-refractivity contribution in [1.29, 1.82) is 0 Å². The normalized spacial score (nSPS) is 22.3. The summed E-state index contributed by atoms with van der Waals surface area (Å²) in [6.07, 6.45) is 7.63. The second-order valence-corrected chi connectivity index (χ2v) is 9.61. The number of allylic oxidation sites excluding steroid dienone is 2. The molecule has 0 amide bonds. The molecule has 1 aromatic carbocycles. The number of nitrogens with zero attached hydrogens (tertiary/aromatic N) is 3. The van der Waals surface area contributed by atoms with Crippen molar-refractivity contribution in [3.8, 4) is 5.69 Å². The number of rotatable bonds is 4. The summed E-state index contributed by atoms with van der Waals surface area (Å²) in [5.74, 6) is -2.44. The van der Waals surface area contributed by atoms with E-state index in [9.17, 15) is 8.78 Å². The van der Waals surface area contributed by atoms with Gasteiger partial charge in [0.25, 0.3) is 5.92 Å². The molecule has 1 N–H and O–H groups in total. The summed E-state index contributed by atoms with van der Waals surface area (Å²) in [6.45, 7) is 6.33. The predicted octanol–water partition coefficient (Wildman–Crippen LogP) is 5.36. The van der Waals surface area contributed by atoms with Gasteiger partial charge in [0.05, 0.1) is 11.4 Å². The minimum Gasteiger partial charge on any atom is -0.371 e. The van der Waals surface area contributed by atoms with Gasteiger partial charge in [0.1, 0.15) is 0 Å². The van der Waals surface area contributed by atoms with Gasteiger partial charge in [0, 0.05) is 49.9 Å². The number of alkyl halides is 2. The first-order valence-electron chi connectivity index (χ1n) is 11.6. The number of hydrogen-bond acceptors (Lipinski definition) is 3. The van der Waals surface area contributed by atoms with Gasteiger partial charge in [-0.25, -0.2) is 13.5 Å². The maximum atomic E-state index is 13.0. The van der Waals surface area contributed by atoms with Crippen LogP contribution in [0.4, 0.5) is 14.5 Å². The Labute approximate surface area is 183 Å².